The van der Waals surface area contributed by atoms with Gasteiger partial charge in [0, 0.05) is 12.2 Å². The molecule has 136 valence electrons. The number of hydrogen-bond acceptors (Lipinski definition) is 4. The zero-order chi connectivity index (χ0) is 19.2. The summed E-state index contributed by atoms with van der Waals surface area (Å²) < 4.78 is 11.4. The van der Waals surface area contributed by atoms with E-state index < -0.39 is 0 Å². The van der Waals surface area contributed by atoms with Crippen molar-refractivity contribution in [3.63, 3.8) is 0 Å². The first-order chi connectivity index (χ1) is 13.3. The molecule has 0 heterocycles. The molecule has 0 aromatic heterocycles. The maximum absolute atomic E-state index is 8.51. The minimum absolute atomic E-state index is 0.674. The van der Waals surface area contributed by atoms with Gasteiger partial charge in [0.2, 0.25) is 0 Å². The first-order valence-electron chi connectivity index (χ1n) is 8.90. The average molecular weight is 358 g/mol. The molecule has 0 amide bonds. The summed E-state index contributed by atoms with van der Waals surface area (Å²) in [5.74, 6) is 1.68. The van der Waals surface area contributed by atoms with Crippen LogP contribution in [0.4, 0.5) is 0 Å². The number of benzene rings is 2. The van der Waals surface area contributed by atoms with Gasteiger partial charge >= 0.3 is 0 Å². The van der Waals surface area contributed by atoms with Crippen LogP contribution in [0, 0.1) is 22.7 Å². The summed E-state index contributed by atoms with van der Waals surface area (Å²) in [6, 6.07) is 19.3. The van der Waals surface area contributed by atoms with Crippen LogP contribution in [-0.2, 0) is 0 Å². The van der Waals surface area contributed by atoms with Crippen LogP contribution in [0.3, 0.4) is 0 Å². The molecule has 2 aromatic carbocycles. The van der Waals surface area contributed by atoms with Crippen LogP contribution in [0.2, 0.25) is 0 Å². The van der Waals surface area contributed by atoms with E-state index in [2.05, 4.69) is 0 Å². The standard InChI is InChI=1S/C23H22N2O2/c24-16-4-6-20-8-12-22(13-9-20)26-18-2-1-3-19-27-23-14-10-21(11-15-23)7-5-17-25/h4-15H,1-3,18-19H2/b6-4+,7-5+. The van der Waals surface area contributed by atoms with Crippen molar-refractivity contribution in [2.45, 2.75) is 19.3 Å². The number of nitriles is 2. The van der Waals surface area contributed by atoms with Gasteiger partial charge < -0.3 is 9.47 Å². The maximum atomic E-state index is 8.51. The quantitative estimate of drug-likeness (QED) is 0.422. The van der Waals surface area contributed by atoms with E-state index in [0.29, 0.717) is 13.2 Å². The van der Waals surface area contributed by atoms with Gasteiger partial charge in [0.1, 0.15) is 11.5 Å². The second-order valence-corrected chi connectivity index (χ2v) is 5.82. The lowest BCUT2D eigenvalue weighted by atomic mass is 10.2. The summed E-state index contributed by atoms with van der Waals surface area (Å²) >= 11 is 0. The smallest absolute Gasteiger partial charge is 0.119 e. The van der Waals surface area contributed by atoms with Crippen molar-refractivity contribution in [3.8, 4) is 23.6 Å². The van der Waals surface area contributed by atoms with Gasteiger partial charge in [-0.25, -0.2) is 0 Å². The molecule has 0 fully saturated rings. The Morgan fingerprint density at radius 3 is 1.41 bits per heavy atom. The summed E-state index contributed by atoms with van der Waals surface area (Å²) in [7, 11) is 0. The van der Waals surface area contributed by atoms with Crippen molar-refractivity contribution < 1.29 is 9.47 Å². The highest BCUT2D eigenvalue weighted by atomic mass is 16.5. The third-order valence-electron chi connectivity index (χ3n) is 3.79. The van der Waals surface area contributed by atoms with E-state index in [4.69, 9.17) is 20.0 Å². The zero-order valence-corrected chi connectivity index (χ0v) is 15.2. The van der Waals surface area contributed by atoms with Gasteiger partial charge in [-0.1, -0.05) is 24.3 Å². The van der Waals surface area contributed by atoms with E-state index in [-0.39, 0.29) is 0 Å². The first-order valence-corrected chi connectivity index (χ1v) is 8.90. The predicted molar refractivity (Wildman–Crippen MR) is 107 cm³/mol. The van der Waals surface area contributed by atoms with Gasteiger partial charge in [0.15, 0.2) is 0 Å². The second kappa shape index (κ2) is 12.0. The molecule has 0 aliphatic carbocycles. The molecule has 2 aromatic rings. The van der Waals surface area contributed by atoms with Gasteiger partial charge in [0.25, 0.3) is 0 Å². The fraction of sp³-hybridized carbons (Fsp3) is 0.217. The van der Waals surface area contributed by atoms with Crippen LogP contribution in [0.25, 0.3) is 12.2 Å². The molecule has 0 saturated carbocycles. The van der Waals surface area contributed by atoms with Crippen molar-refractivity contribution in [2.75, 3.05) is 13.2 Å². The molecular weight excluding hydrogens is 336 g/mol. The van der Waals surface area contributed by atoms with E-state index in [1.54, 1.807) is 12.2 Å². The number of hydrogen-bond donors (Lipinski definition) is 0. The minimum atomic E-state index is 0.674. The molecule has 27 heavy (non-hydrogen) atoms. The Hall–Kier alpha value is -3.50. The molecule has 2 rings (SSSR count). The Labute approximate surface area is 160 Å². The van der Waals surface area contributed by atoms with E-state index in [9.17, 15) is 0 Å². The molecule has 0 bridgehead atoms. The highest BCUT2D eigenvalue weighted by molar-refractivity contribution is 5.53. The molecule has 0 aliphatic heterocycles. The monoisotopic (exact) mass is 358 g/mol. The van der Waals surface area contributed by atoms with Gasteiger partial charge in [0.05, 0.1) is 25.4 Å². The fourth-order valence-corrected chi connectivity index (χ4v) is 2.38. The normalized spacial score (nSPS) is 10.6. The van der Waals surface area contributed by atoms with Crippen molar-refractivity contribution in [1.82, 2.24) is 0 Å². The van der Waals surface area contributed by atoms with E-state index in [0.717, 1.165) is 41.9 Å². The molecule has 0 unspecified atom stereocenters. The Morgan fingerprint density at radius 2 is 1.04 bits per heavy atom. The summed E-state index contributed by atoms with van der Waals surface area (Å²) in [6.07, 6.45) is 9.41. The number of ether oxygens (including phenoxy) is 2. The van der Waals surface area contributed by atoms with Gasteiger partial charge in [-0.3, -0.25) is 0 Å². The Bertz CT molecular complexity index is 751. The van der Waals surface area contributed by atoms with E-state index in [1.807, 2.05) is 60.7 Å². The zero-order valence-electron chi connectivity index (χ0n) is 15.2. The second-order valence-electron chi connectivity index (χ2n) is 5.82. The first kappa shape index (κ1) is 19.8. The van der Waals surface area contributed by atoms with Crippen molar-refractivity contribution in [2.24, 2.45) is 0 Å². The van der Waals surface area contributed by atoms with Crippen LogP contribution < -0.4 is 9.47 Å². The Balaban J connectivity index is 1.57. The molecule has 4 heteroatoms. The van der Waals surface area contributed by atoms with E-state index >= 15 is 0 Å². The summed E-state index contributed by atoms with van der Waals surface area (Å²) in [6.45, 7) is 1.35. The topological polar surface area (TPSA) is 66.0 Å². The number of rotatable bonds is 10. The Kier molecular flexibility index (Phi) is 8.77. The highest BCUT2D eigenvalue weighted by Crippen LogP contribution is 2.15. The predicted octanol–water partition coefficient (Wildman–Crippen LogP) is 5.39. The fourth-order valence-electron chi connectivity index (χ4n) is 2.38. The van der Waals surface area contributed by atoms with Gasteiger partial charge in [-0.15, -0.1) is 0 Å². The number of allylic oxidation sites excluding steroid dienone is 2. The lowest BCUT2D eigenvalue weighted by Crippen LogP contribution is -2.01. The molecule has 0 saturated heterocycles. The molecule has 0 spiro atoms. The van der Waals surface area contributed by atoms with Crippen LogP contribution in [-0.4, -0.2) is 13.2 Å². The molecule has 0 radical (unpaired) electrons. The third kappa shape index (κ3) is 7.94. The van der Waals surface area contributed by atoms with Gasteiger partial charge in [-0.2, -0.15) is 10.5 Å². The van der Waals surface area contributed by atoms with Crippen LogP contribution in [0.15, 0.2) is 60.7 Å². The molecule has 4 nitrogen and oxygen atoms in total. The summed E-state index contributed by atoms with van der Waals surface area (Å²) in [5, 5.41) is 17.0. The SMILES string of the molecule is N#C/C=C/c1ccc(OCCCCCOc2ccc(/C=C/C#N)cc2)cc1. The summed E-state index contributed by atoms with van der Waals surface area (Å²) in [4.78, 5) is 0. The van der Waals surface area contributed by atoms with Crippen LogP contribution >= 0.6 is 0 Å². The number of unbranched alkanes of at least 4 members (excludes halogenated alkanes) is 2. The molecule has 0 aliphatic rings. The van der Waals surface area contributed by atoms with Crippen LogP contribution in [0.5, 0.6) is 11.5 Å². The van der Waals surface area contributed by atoms with Crippen molar-refractivity contribution in [3.05, 3.63) is 71.8 Å². The Morgan fingerprint density at radius 1 is 0.630 bits per heavy atom. The van der Waals surface area contributed by atoms with Crippen molar-refractivity contribution in [1.29, 1.82) is 10.5 Å². The lowest BCUT2D eigenvalue weighted by Gasteiger charge is -2.08. The largest absolute Gasteiger partial charge is 0.494 e. The van der Waals surface area contributed by atoms with Crippen molar-refractivity contribution >= 4 is 12.2 Å². The highest BCUT2D eigenvalue weighted by Gasteiger charge is 1.97. The van der Waals surface area contributed by atoms with Crippen LogP contribution in [0.1, 0.15) is 30.4 Å². The third-order valence-corrected chi connectivity index (χ3v) is 3.79. The van der Waals surface area contributed by atoms with Gasteiger partial charge in [-0.05, 0) is 66.8 Å². The molecule has 0 atom stereocenters. The number of nitrogens with zero attached hydrogens (tertiary/aromatic N) is 2. The molecule has 0 N–H and O–H groups in total. The summed E-state index contributed by atoms with van der Waals surface area (Å²) in [5.41, 5.74) is 1.96. The lowest BCUT2D eigenvalue weighted by molar-refractivity contribution is 0.279. The average Bonchev–Trinajstić information content (AvgIpc) is 2.71. The molecular formula is C23H22N2O2. The minimum Gasteiger partial charge on any atom is -0.494 e. The van der Waals surface area contributed by atoms with E-state index in [1.165, 1.54) is 12.2 Å². The maximum Gasteiger partial charge on any atom is 0.119 e.